The molecule has 1 heterocycles. The van der Waals surface area contributed by atoms with Gasteiger partial charge < -0.3 is 16.0 Å². The smallest absolute Gasteiger partial charge is 0.242 e. The first-order valence-corrected chi connectivity index (χ1v) is 7.38. The van der Waals surface area contributed by atoms with E-state index in [0.717, 1.165) is 38.8 Å². The topological polar surface area (TPSA) is 70.2 Å². The van der Waals surface area contributed by atoms with E-state index in [-0.39, 0.29) is 23.1 Å². The van der Waals surface area contributed by atoms with Gasteiger partial charge in [-0.2, -0.15) is 0 Å². The lowest BCUT2D eigenvalue weighted by atomic mass is 9.91. The molecule has 2 aliphatic rings. The fraction of sp³-hybridized carbons (Fsp3) is 0.857. The predicted molar refractivity (Wildman–Crippen MR) is 73.5 cm³/mol. The SMILES string of the molecule is CCCNC(=O)C(C)NC(=O)C1CC12CCNCC2. The van der Waals surface area contributed by atoms with Crippen LogP contribution in [0, 0.1) is 11.3 Å². The molecule has 2 rings (SSSR count). The molecule has 1 spiro atoms. The number of hydrogen-bond acceptors (Lipinski definition) is 3. The van der Waals surface area contributed by atoms with Crippen LogP contribution in [0.5, 0.6) is 0 Å². The maximum absolute atomic E-state index is 12.2. The lowest BCUT2D eigenvalue weighted by molar-refractivity contribution is -0.129. The third-order valence-electron chi connectivity index (χ3n) is 4.41. The highest BCUT2D eigenvalue weighted by molar-refractivity contribution is 5.89. The van der Waals surface area contributed by atoms with Crippen molar-refractivity contribution in [1.29, 1.82) is 0 Å². The summed E-state index contributed by atoms with van der Waals surface area (Å²) in [7, 11) is 0. The second kappa shape index (κ2) is 5.90. The zero-order valence-corrected chi connectivity index (χ0v) is 11.9. The second-order valence-electron chi connectivity index (χ2n) is 5.89. The highest BCUT2D eigenvalue weighted by Gasteiger charge is 2.57. The predicted octanol–water partition coefficient (Wildman–Crippen LogP) is 0.407. The number of carbonyl (C=O) groups is 2. The largest absolute Gasteiger partial charge is 0.354 e. The number of hydrogen-bond donors (Lipinski definition) is 3. The summed E-state index contributed by atoms with van der Waals surface area (Å²) in [4.78, 5) is 23.9. The molecule has 1 saturated heterocycles. The first kappa shape index (κ1) is 14.3. The fourth-order valence-corrected chi connectivity index (χ4v) is 2.98. The first-order chi connectivity index (χ1) is 9.09. The zero-order valence-electron chi connectivity index (χ0n) is 11.9. The molecule has 0 aromatic heterocycles. The van der Waals surface area contributed by atoms with Crippen LogP contribution in [0.1, 0.15) is 39.5 Å². The normalized spacial score (nSPS) is 25.7. The molecule has 1 saturated carbocycles. The van der Waals surface area contributed by atoms with Crippen LogP contribution >= 0.6 is 0 Å². The van der Waals surface area contributed by atoms with Crippen molar-refractivity contribution in [1.82, 2.24) is 16.0 Å². The van der Waals surface area contributed by atoms with E-state index in [0.29, 0.717) is 6.54 Å². The molecule has 0 radical (unpaired) electrons. The number of nitrogens with one attached hydrogen (secondary N) is 3. The maximum Gasteiger partial charge on any atom is 0.242 e. The van der Waals surface area contributed by atoms with Gasteiger partial charge in [0.05, 0.1) is 0 Å². The van der Waals surface area contributed by atoms with Crippen LogP contribution in [0.2, 0.25) is 0 Å². The summed E-state index contributed by atoms with van der Waals surface area (Å²) in [5.41, 5.74) is 0.231. The minimum Gasteiger partial charge on any atom is -0.354 e. The molecule has 1 aliphatic heterocycles. The minimum absolute atomic E-state index is 0.0565. The van der Waals surface area contributed by atoms with Gasteiger partial charge in [0.2, 0.25) is 11.8 Å². The molecule has 0 bridgehead atoms. The molecule has 5 nitrogen and oxygen atoms in total. The molecule has 0 aromatic carbocycles. The molecule has 2 amide bonds. The molecule has 108 valence electrons. The van der Waals surface area contributed by atoms with Crippen molar-refractivity contribution >= 4 is 11.8 Å². The lowest BCUT2D eigenvalue weighted by Gasteiger charge is -2.23. The van der Waals surface area contributed by atoms with Crippen molar-refractivity contribution in [2.45, 2.75) is 45.6 Å². The third-order valence-corrected chi connectivity index (χ3v) is 4.41. The van der Waals surface area contributed by atoms with Crippen LogP contribution < -0.4 is 16.0 Å². The second-order valence-corrected chi connectivity index (χ2v) is 5.89. The lowest BCUT2D eigenvalue weighted by Crippen LogP contribution is -2.46. The number of rotatable bonds is 5. The van der Waals surface area contributed by atoms with Gasteiger partial charge in [-0.3, -0.25) is 9.59 Å². The van der Waals surface area contributed by atoms with Gasteiger partial charge >= 0.3 is 0 Å². The molecule has 3 N–H and O–H groups in total. The Morgan fingerprint density at radius 2 is 2.05 bits per heavy atom. The van der Waals surface area contributed by atoms with Crippen LogP contribution in [-0.4, -0.2) is 37.5 Å². The van der Waals surface area contributed by atoms with E-state index < -0.39 is 6.04 Å². The Labute approximate surface area is 114 Å². The van der Waals surface area contributed by atoms with E-state index in [4.69, 9.17) is 0 Å². The summed E-state index contributed by atoms with van der Waals surface area (Å²) in [5.74, 6) is 0.0901. The van der Waals surface area contributed by atoms with Gasteiger partial charge in [0.25, 0.3) is 0 Å². The Kier molecular flexibility index (Phi) is 4.45. The Morgan fingerprint density at radius 1 is 1.37 bits per heavy atom. The maximum atomic E-state index is 12.2. The number of amides is 2. The van der Waals surface area contributed by atoms with Crippen LogP contribution in [0.15, 0.2) is 0 Å². The zero-order chi connectivity index (χ0) is 13.9. The quantitative estimate of drug-likeness (QED) is 0.675. The Morgan fingerprint density at radius 3 is 2.68 bits per heavy atom. The average Bonchev–Trinajstić information content (AvgIpc) is 3.10. The number of piperidine rings is 1. The summed E-state index contributed by atoms with van der Waals surface area (Å²) < 4.78 is 0. The van der Waals surface area contributed by atoms with E-state index in [9.17, 15) is 9.59 Å². The van der Waals surface area contributed by atoms with E-state index in [1.54, 1.807) is 6.92 Å². The van der Waals surface area contributed by atoms with Crippen molar-refractivity contribution in [3.8, 4) is 0 Å². The molecule has 2 fully saturated rings. The van der Waals surface area contributed by atoms with Gasteiger partial charge in [-0.25, -0.2) is 0 Å². The van der Waals surface area contributed by atoms with Crippen LogP contribution in [0.4, 0.5) is 0 Å². The third kappa shape index (κ3) is 3.26. The molecule has 2 unspecified atom stereocenters. The molecule has 0 aromatic rings. The van der Waals surface area contributed by atoms with Crippen molar-refractivity contribution in [3.63, 3.8) is 0 Å². The monoisotopic (exact) mass is 267 g/mol. The van der Waals surface area contributed by atoms with Gasteiger partial charge in [-0.15, -0.1) is 0 Å². The summed E-state index contributed by atoms with van der Waals surface area (Å²) in [5, 5.41) is 8.98. The molecular formula is C14H25N3O2. The Hall–Kier alpha value is -1.10. The molecular weight excluding hydrogens is 242 g/mol. The standard InChI is InChI=1S/C14H25N3O2/c1-3-6-16-12(18)10(2)17-13(19)11-9-14(11)4-7-15-8-5-14/h10-11,15H,3-9H2,1-2H3,(H,16,18)(H,17,19). The van der Waals surface area contributed by atoms with Crippen molar-refractivity contribution in [2.75, 3.05) is 19.6 Å². The van der Waals surface area contributed by atoms with Crippen molar-refractivity contribution in [2.24, 2.45) is 11.3 Å². The highest BCUT2D eigenvalue weighted by atomic mass is 16.2. The van der Waals surface area contributed by atoms with E-state index in [2.05, 4.69) is 16.0 Å². The van der Waals surface area contributed by atoms with E-state index >= 15 is 0 Å². The number of carbonyl (C=O) groups excluding carboxylic acids is 2. The Balaban J connectivity index is 1.77. The van der Waals surface area contributed by atoms with Gasteiger partial charge in [0.15, 0.2) is 0 Å². The molecule has 5 heteroatoms. The van der Waals surface area contributed by atoms with Crippen LogP contribution in [0.25, 0.3) is 0 Å². The average molecular weight is 267 g/mol. The fourth-order valence-electron chi connectivity index (χ4n) is 2.98. The van der Waals surface area contributed by atoms with Crippen LogP contribution in [-0.2, 0) is 9.59 Å². The summed E-state index contributed by atoms with van der Waals surface area (Å²) >= 11 is 0. The summed E-state index contributed by atoms with van der Waals surface area (Å²) in [6.45, 7) is 6.44. The summed E-state index contributed by atoms with van der Waals surface area (Å²) in [6.07, 6.45) is 4.07. The van der Waals surface area contributed by atoms with Gasteiger partial charge in [-0.05, 0) is 51.1 Å². The van der Waals surface area contributed by atoms with E-state index in [1.807, 2.05) is 6.92 Å². The van der Waals surface area contributed by atoms with E-state index in [1.165, 1.54) is 0 Å². The molecule has 1 aliphatic carbocycles. The molecule has 2 atom stereocenters. The van der Waals surface area contributed by atoms with Crippen molar-refractivity contribution < 1.29 is 9.59 Å². The van der Waals surface area contributed by atoms with Gasteiger partial charge in [0, 0.05) is 12.5 Å². The van der Waals surface area contributed by atoms with Crippen molar-refractivity contribution in [3.05, 3.63) is 0 Å². The van der Waals surface area contributed by atoms with Crippen LogP contribution in [0.3, 0.4) is 0 Å². The van der Waals surface area contributed by atoms with Gasteiger partial charge in [0.1, 0.15) is 6.04 Å². The Bertz CT molecular complexity index is 351. The van der Waals surface area contributed by atoms with Gasteiger partial charge in [-0.1, -0.05) is 6.92 Å². The first-order valence-electron chi connectivity index (χ1n) is 7.38. The summed E-state index contributed by atoms with van der Waals surface area (Å²) in [6, 6.07) is -0.432. The molecule has 19 heavy (non-hydrogen) atoms. The highest BCUT2D eigenvalue weighted by Crippen LogP contribution is 2.58. The minimum atomic E-state index is -0.432.